The lowest BCUT2D eigenvalue weighted by molar-refractivity contribution is 0.0896. The summed E-state index contributed by atoms with van der Waals surface area (Å²) in [5.41, 5.74) is 0.291. The summed E-state index contributed by atoms with van der Waals surface area (Å²) in [6.45, 7) is 6.19. The minimum absolute atomic E-state index is 0.117. The summed E-state index contributed by atoms with van der Waals surface area (Å²) in [6, 6.07) is 5.38. The average Bonchev–Trinajstić information content (AvgIpc) is 2.38. The maximum atomic E-state index is 12.0. The van der Waals surface area contributed by atoms with Crippen LogP contribution in [0.3, 0.4) is 0 Å². The quantitative estimate of drug-likeness (QED) is 0.824. The number of nitrogens with one attached hydrogen (secondary N) is 2. The molecule has 1 heterocycles. The predicted molar refractivity (Wildman–Crippen MR) is 70.2 cm³/mol. The second-order valence-electron chi connectivity index (χ2n) is 4.38. The van der Waals surface area contributed by atoms with E-state index in [1.165, 1.54) is 0 Å². The summed E-state index contributed by atoms with van der Waals surface area (Å²) in [7, 11) is 1.78. The molecule has 0 atom stereocenters. The molecule has 1 amide bonds. The monoisotopic (exact) mass is 235 g/mol. The molecule has 94 valence electrons. The molecular formula is C13H21N3O. The van der Waals surface area contributed by atoms with Gasteiger partial charge in [0, 0.05) is 12.6 Å². The molecule has 4 heteroatoms. The Morgan fingerprint density at radius 1 is 1.35 bits per heavy atom. The van der Waals surface area contributed by atoms with E-state index in [9.17, 15) is 4.79 Å². The SMILES string of the molecule is CCC(C)(CC)NC(=O)c1cccc(NC)n1. The normalized spacial score (nSPS) is 11.1. The Hall–Kier alpha value is -1.58. The van der Waals surface area contributed by atoms with Crippen LogP contribution in [0, 0.1) is 0 Å². The lowest BCUT2D eigenvalue weighted by Crippen LogP contribution is -2.45. The fourth-order valence-electron chi connectivity index (χ4n) is 1.47. The van der Waals surface area contributed by atoms with E-state index in [1.54, 1.807) is 13.1 Å². The van der Waals surface area contributed by atoms with Crippen molar-refractivity contribution < 1.29 is 4.79 Å². The first-order chi connectivity index (χ1) is 8.04. The van der Waals surface area contributed by atoms with E-state index < -0.39 is 0 Å². The summed E-state index contributed by atoms with van der Waals surface area (Å²) in [5, 5.41) is 5.95. The number of carbonyl (C=O) groups is 1. The first-order valence-corrected chi connectivity index (χ1v) is 6.02. The lowest BCUT2D eigenvalue weighted by atomic mass is 9.95. The highest BCUT2D eigenvalue weighted by Gasteiger charge is 2.23. The van der Waals surface area contributed by atoms with Crippen LogP contribution in [-0.2, 0) is 0 Å². The maximum absolute atomic E-state index is 12.0. The molecule has 0 bridgehead atoms. The second-order valence-corrected chi connectivity index (χ2v) is 4.38. The molecule has 1 rings (SSSR count). The Morgan fingerprint density at radius 2 is 2.00 bits per heavy atom. The van der Waals surface area contributed by atoms with Crippen molar-refractivity contribution in [2.45, 2.75) is 39.2 Å². The van der Waals surface area contributed by atoms with E-state index in [2.05, 4.69) is 29.5 Å². The van der Waals surface area contributed by atoms with Gasteiger partial charge in [0.2, 0.25) is 0 Å². The van der Waals surface area contributed by atoms with Crippen LogP contribution < -0.4 is 10.6 Å². The largest absolute Gasteiger partial charge is 0.373 e. The zero-order chi connectivity index (χ0) is 12.9. The van der Waals surface area contributed by atoms with Crippen molar-refractivity contribution in [3.63, 3.8) is 0 Å². The third kappa shape index (κ3) is 3.44. The highest BCUT2D eigenvalue weighted by molar-refractivity contribution is 5.93. The van der Waals surface area contributed by atoms with Gasteiger partial charge in [0.15, 0.2) is 0 Å². The number of pyridine rings is 1. The third-order valence-electron chi connectivity index (χ3n) is 3.21. The van der Waals surface area contributed by atoms with Crippen LogP contribution in [0.15, 0.2) is 18.2 Å². The third-order valence-corrected chi connectivity index (χ3v) is 3.21. The Morgan fingerprint density at radius 3 is 2.53 bits per heavy atom. The molecular weight excluding hydrogens is 214 g/mol. The van der Waals surface area contributed by atoms with Gasteiger partial charge in [0.25, 0.3) is 5.91 Å². The number of rotatable bonds is 5. The summed E-state index contributed by atoms with van der Waals surface area (Å²) < 4.78 is 0. The Bertz CT molecular complexity index is 386. The number of amides is 1. The van der Waals surface area contributed by atoms with Gasteiger partial charge in [0.05, 0.1) is 0 Å². The summed E-state index contributed by atoms with van der Waals surface area (Å²) in [6.07, 6.45) is 1.81. The molecule has 0 spiro atoms. The lowest BCUT2D eigenvalue weighted by Gasteiger charge is -2.28. The summed E-state index contributed by atoms with van der Waals surface area (Å²) in [5.74, 6) is 0.584. The van der Waals surface area contributed by atoms with Gasteiger partial charge in [-0.3, -0.25) is 4.79 Å². The first-order valence-electron chi connectivity index (χ1n) is 6.02. The van der Waals surface area contributed by atoms with Crippen LogP contribution >= 0.6 is 0 Å². The van der Waals surface area contributed by atoms with Crippen molar-refractivity contribution in [1.82, 2.24) is 10.3 Å². The fraction of sp³-hybridized carbons (Fsp3) is 0.538. The van der Waals surface area contributed by atoms with Gasteiger partial charge >= 0.3 is 0 Å². The van der Waals surface area contributed by atoms with E-state index in [0.717, 1.165) is 12.8 Å². The van der Waals surface area contributed by atoms with E-state index >= 15 is 0 Å². The van der Waals surface area contributed by atoms with Gasteiger partial charge in [-0.15, -0.1) is 0 Å². The molecule has 0 aliphatic heterocycles. The molecule has 2 N–H and O–H groups in total. The molecule has 0 aliphatic rings. The highest BCUT2D eigenvalue weighted by Crippen LogP contribution is 2.14. The van der Waals surface area contributed by atoms with Crippen LogP contribution in [0.1, 0.15) is 44.1 Å². The smallest absolute Gasteiger partial charge is 0.270 e. The average molecular weight is 235 g/mol. The number of hydrogen-bond acceptors (Lipinski definition) is 3. The molecule has 1 aromatic heterocycles. The van der Waals surface area contributed by atoms with Crippen molar-refractivity contribution in [2.75, 3.05) is 12.4 Å². The predicted octanol–water partition coefficient (Wildman–Crippen LogP) is 2.43. The van der Waals surface area contributed by atoms with E-state index in [-0.39, 0.29) is 11.4 Å². The van der Waals surface area contributed by atoms with Crippen LogP contribution in [-0.4, -0.2) is 23.5 Å². The van der Waals surface area contributed by atoms with Crippen molar-refractivity contribution >= 4 is 11.7 Å². The van der Waals surface area contributed by atoms with Gasteiger partial charge in [-0.05, 0) is 31.9 Å². The molecule has 0 unspecified atom stereocenters. The van der Waals surface area contributed by atoms with Crippen molar-refractivity contribution in [1.29, 1.82) is 0 Å². The maximum Gasteiger partial charge on any atom is 0.270 e. The minimum Gasteiger partial charge on any atom is -0.373 e. The molecule has 0 radical (unpaired) electrons. The van der Waals surface area contributed by atoms with Crippen LogP contribution in [0.5, 0.6) is 0 Å². The topological polar surface area (TPSA) is 54.0 Å². The molecule has 0 aliphatic carbocycles. The van der Waals surface area contributed by atoms with Crippen molar-refractivity contribution in [3.05, 3.63) is 23.9 Å². The standard InChI is InChI=1S/C13H21N3O/c1-5-13(3,6-2)16-12(17)10-8-7-9-11(14-4)15-10/h7-9H,5-6H2,1-4H3,(H,14,15)(H,16,17). The number of aromatic nitrogens is 1. The van der Waals surface area contributed by atoms with Crippen LogP contribution in [0.25, 0.3) is 0 Å². The minimum atomic E-state index is -0.158. The highest BCUT2D eigenvalue weighted by atomic mass is 16.2. The summed E-state index contributed by atoms with van der Waals surface area (Å²) >= 11 is 0. The van der Waals surface area contributed by atoms with Crippen molar-refractivity contribution in [2.24, 2.45) is 0 Å². The molecule has 0 saturated heterocycles. The Labute approximate surface area is 103 Å². The Kier molecular flexibility index (Phi) is 4.49. The molecule has 4 nitrogen and oxygen atoms in total. The van der Waals surface area contributed by atoms with Gasteiger partial charge in [-0.25, -0.2) is 4.98 Å². The van der Waals surface area contributed by atoms with Gasteiger partial charge in [-0.2, -0.15) is 0 Å². The van der Waals surface area contributed by atoms with Crippen LogP contribution in [0.4, 0.5) is 5.82 Å². The number of carbonyl (C=O) groups excluding carboxylic acids is 1. The second kappa shape index (κ2) is 5.66. The molecule has 0 aromatic carbocycles. The van der Waals surface area contributed by atoms with Gasteiger partial charge < -0.3 is 10.6 Å². The molecule has 17 heavy (non-hydrogen) atoms. The fourth-order valence-corrected chi connectivity index (χ4v) is 1.47. The number of hydrogen-bond donors (Lipinski definition) is 2. The van der Waals surface area contributed by atoms with Gasteiger partial charge in [0.1, 0.15) is 11.5 Å². The van der Waals surface area contributed by atoms with Crippen molar-refractivity contribution in [3.8, 4) is 0 Å². The zero-order valence-corrected chi connectivity index (χ0v) is 11.0. The number of nitrogens with zero attached hydrogens (tertiary/aromatic N) is 1. The van der Waals surface area contributed by atoms with E-state index in [4.69, 9.17) is 0 Å². The molecule has 1 aromatic rings. The zero-order valence-electron chi connectivity index (χ0n) is 11.0. The molecule has 0 fully saturated rings. The van der Waals surface area contributed by atoms with Crippen LogP contribution in [0.2, 0.25) is 0 Å². The molecule has 0 saturated carbocycles. The van der Waals surface area contributed by atoms with E-state index in [1.807, 2.05) is 19.1 Å². The number of anilines is 1. The summed E-state index contributed by atoms with van der Waals surface area (Å²) in [4.78, 5) is 16.3. The first kappa shape index (κ1) is 13.5. The Balaban J connectivity index is 2.82. The van der Waals surface area contributed by atoms with Gasteiger partial charge in [-0.1, -0.05) is 19.9 Å². The van der Waals surface area contributed by atoms with E-state index in [0.29, 0.717) is 11.5 Å².